The fourth-order valence-electron chi connectivity index (χ4n) is 5.78. The van der Waals surface area contributed by atoms with Crippen molar-refractivity contribution >= 4 is 55.6 Å². The maximum Gasteiger partial charge on any atom is 0.337 e. The molecule has 3 heterocycles. The summed E-state index contributed by atoms with van der Waals surface area (Å²) in [7, 11) is 4.12. The van der Waals surface area contributed by atoms with E-state index in [1.807, 2.05) is 69.8 Å². The fraction of sp³-hybridized carbons (Fsp3) is 0.324. The monoisotopic (exact) mass is 614 g/mol. The quantitative estimate of drug-likeness (QED) is 0.208. The zero-order valence-corrected chi connectivity index (χ0v) is 26.8. The van der Waals surface area contributed by atoms with Gasteiger partial charge in [-0.15, -0.1) is 11.3 Å². The number of aliphatic carboxylic acids is 1. The summed E-state index contributed by atoms with van der Waals surface area (Å²) in [5, 5.41) is 17.8. The standard InChI is InChI=1S/C34H35ClN4O3S/c1-19-17-25-31(28(20-7-10-23(35)11-8-20)27(19)30(33(40)41)42-34(2,3)4)43-32(36-25)22-9-12-26-24(18-22)29(37-39(26)6)21-13-15-38(5)16-14-21/h7-13,17-18,30H,14-16H2,1-6H3,(H,40,41)/t30-/m0/s1. The van der Waals surface area contributed by atoms with Gasteiger partial charge < -0.3 is 14.7 Å². The van der Waals surface area contributed by atoms with E-state index < -0.39 is 17.7 Å². The van der Waals surface area contributed by atoms with Gasteiger partial charge in [-0.1, -0.05) is 29.8 Å². The molecule has 0 saturated carbocycles. The van der Waals surface area contributed by atoms with Gasteiger partial charge in [-0.25, -0.2) is 9.78 Å². The third kappa shape index (κ3) is 5.72. The highest BCUT2D eigenvalue weighted by Gasteiger charge is 2.32. The lowest BCUT2D eigenvalue weighted by atomic mass is 9.91. The number of carboxylic acid groups (broad SMARTS) is 1. The van der Waals surface area contributed by atoms with Crippen LogP contribution in [0.3, 0.4) is 0 Å². The summed E-state index contributed by atoms with van der Waals surface area (Å²) in [6, 6.07) is 15.9. The number of aromatic nitrogens is 3. The van der Waals surface area contributed by atoms with Crippen molar-refractivity contribution in [2.24, 2.45) is 7.05 Å². The van der Waals surface area contributed by atoms with Gasteiger partial charge in [0.25, 0.3) is 0 Å². The Morgan fingerprint density at radius 3 is 2.47 bits per heavy atom. The molecule has 3 aromatic carbocycles. The first-order valence-electron chi connectivity index (χ1n) is 14.4. The lowest BCUT2D eigenvalue weighted by Crippen LogP contribution is -2.28. The van der Waals surface area contributed by atoms with Gasteiger partial charge >= 0.3 is 5.97 Å². The van der Waals surface area contributed by atoms with Crippen LogP contribution in [-0.4, -0.2) is 56.5 Å². The second-order valence-corrected chi connectivity index (χ2v) is 13.7. The molecule has 222 valence electrons. The number of rotatable bonds is 6. The predicted molar refractivity (Wildman–Crippen MR) is 176 cm³/mol. The van der Waals surface area contributed by atoms with E-state index in [9.17, 15) is 9.90 Å². The third-order valence-electron chi connectivity index (χ3n) is 7.83. The number of likely N-dealkylation sites (N-methyl/N-ethyl adjacent to an activating group) is 1. The minimum atomic E-state index is -1.15. The molecule has 9 heteroatoms. The zero-order valence-electron chi connectivity index (χ0n) is 25.2. The highest BCUT2D eigenvalue weighted by molar-refractivity contribution is 7.22. The minimum Gasteiger partial charge on any atom is -0.479 e. The summed E-state index contributed by atoms with van der Waals surface area (Å²) in [5.74, 6) is -1.03. The Balaban J connectivity index is 1.55. The Labute approximate surface area is 260 Å². The molecule has 0 fully saturated rings. The lowest BCUT2D eigenvalue weighted by Gasteiger charge is -2.28. The van der Waals surface area contributed by atoms with Crippen LogP contribution >= 0.6 is 22.9 Å². The molecule has 0 unspecified atom stereocenters. The molecule has 1 atom stereocenters. The first-order chi connectivity index (χ1) is 20.4. The number of nitrogens with zero attached hydrogens (tertiary/aromatic N) is 4. The molecule has 1 N–H and O–H groups in total. The normalized spacial score (nSPS) is 15.3. The molecule has 0 aliphatic carbocycles. The maximum absolute atomic E-state index is 12.7. The summed E-state index contributed by atoms with van der Waals surface area (Å²) in [6.45, 7) is 9.46. The number of fused-ring (bicyclic) bond motifs is 2. The van der Waals surface area contributed by atoms with Crippen molar-refractivity contribution in [2.45, 2.75) is 45.8 Å². The molecule has 0 bridgehead atoms. The Kier molecular flexibility index (Phi) is 7.67. The second kappa shape index (κ2) is 11.2. The van der Waals surface area contributed by atoms with Gasteiger partial charge in [-0.05, 0) is 94.3 Å². The molecule has 0 radical (unpaired) electrons. The van der Waals surface area contributed by atoms with Crippen molar-refractivity contribution in [2.75, 3.05) is 20.1 Å². The number of benzene rings is 3. The SMILES string of the molecule is Cc1cc2nc(-c3ccc4c(c3)c(C3=CCN(C)CC3)nn4C)sc2c(-c2ccc(Cl)cc2)c1[C@H](OC(C)(C)C)C(=O)O. The van der Waals surface area contributed by atoms with E-state index >= 15 is 0 Å². The zero-order chi connectivity index (χ0) is 30.6. The number of aryl methyl sites for hydroxylation is 2. The van der Waals surface area contributed by atoms with Crippen LogP contribution in [0.15, 0.2) is 54.6 Å². The molecule has 0 spiro atoms. The number of carbonyl (C=O) groups is 1. The van der Waals surface area contributed by atoms with Crippen LogP contribution in [0.1, 0.15) is 50.1 Å². The molecule has 43 heavy (non-hydrogen) atoms. The molecule has 7 nitrogen and oxygen atoms in total. The highest BCUT2D eigenvalue weighted by Crippen LogP contribution is 2.45. The first-order valence-corrected chi connectivity index (χ1v) is 15.5. The molecule has 0 amide bonds. The third-order valence-corrected chi connectivity index (χ3v) is 9.22. The van der Waals surface area contributed by atoms with Crippen LogP contribution in [0.5, 0.6) is 0 Å². The largest absolute Gasteiger partial charge is 0.479 e. The number of ether oxygens (including phenoxy) is 1. The fourth-order valence-corrected chi connectivity index (χ4v) is 7.03. The number of halogens is 1. The summed E-state index contributed by atoms with van der Waals surface area (Å²) in [6.07, 6.45) is 2.08. The van der Waals surface area contributed by atoms with Gasteiger partial charge in [0.1, 0.15) is 5.01 Å². The molecule has 1 aliphatic heterocycles. The number of hydrogen-bond donors (Lipinski definition) is 1. The van der Waals surface area contributed by atoms with Crippen molar-refractivity contribution in [1.29, 1.82) is 0 Å². The Hall–Kier alpha value is -3.56. The van der Waals surface area contributed by atoms with E-state index in [1.165, 1.54) is 5.57 Å². The van der Waals surface area contributed by atoms with E-state index in [-0.39, 0.29) is 0 Å². The Morgan fingerprint density at radius 2 is 1.81 bits per heavy atom. The molecule has 6 rings (SSSR count). The van der Waals surface area contributed by atoms with Crippen LogP contribution in [0.25, 0.3) is 48.4 Å². The Morgan fingerprint density at radius 1 is 1.09 bits per heavy atom. The summed E-state index contributed by atoms with van der Waals surface area (Å²) >= 11 is 7.82. The average Bonchev–Trinajstić information content (AvgIpc) is 3.52. The molecular weight excluding hydrogens is 580 g/mol. The summed E-state index contributed by atoms with van der Waals surface area (Å²) in [4.78, 5) is 20.1. The van der Waals surface area contributed by atoms with E-state index in [4.69, 9.17) is 26.4 Å². The maximum atomic E-state index is 12.7. The van der Waals surface area contributed by atoms with Crippen LogP contribution in [0, 0.1) is 6.92 Å². The molecule has 2 aromatic heterocycles. The van der Waals surface area contributed by atoms with Gasteiger partial charge in [0.15, 0.2) is 6.10 Å². The second-order valence-electron chi connectivity index (χ2n) is 12.3. The lowest BCUT2D eigenvalue weighted by molar-refractivity contribution is -0.160. The average molecular weight is 615 g/mol. The topological polar surface area (TPSA) is 80.5 Å². The summed E-state index contributed by atoms with van der Waals surface area (Å²) < 4.78 is 9.02. The van der Waals surface area contributed by atoms with E-state index in [0.717, 1.165) is 73.6 Å². The molecule has 5 aromatic rings. The van der Waals surface area contributed by atoms with Crippen LogP contribution in [0.2, 0.25) is 5.02 Å². The van der Waals surface area contributed by atoms with Crippen molar-refractivity contribution in [1.82, 2.24) is 19.7 Å². The number of hydrogen-bond acceptors (Lipinski definition) is 6. The van der Waals surface area contributed by atoms with E-state index in [0.29, 0.717) is 10.6 Å². The highest BCUT2D eigenvalue weighted by atomic mass is 35.5. The Bertz CT molecular complexity index is 1900. The first kappa shape index (κ1) is 29.5. The predicted octanol–water partition coefficient (Wildman–Crippen LogP) is 8.14. The number of thiazole rings is 1. The van der Waals surface area contributed by atoms with Crippen LogP contribution < -0.4 is 0 Å². The van der Waals surface area contributed by atoms with Gasteiger partial charge in [-0.3, -0.25) is 4.68 Å². The van der Waals surface area contributed by atoms with Crippen molar-refractivity contribution in [3.63, 3.8) is 0 Å². The molecule has 0 saturated heterocycles. The van der Waals surface area contributed by atoms with Crippen molar-refractivity contribution in [3.05, 3.63) is 76.5 Å². The minimum absolute atomic E-state index is 0.611. The van der Waals surface area contributed by atoms with Crippen molar-refractivity contribution < 1.29 is 14.6 Å². The molecule has 1 aliphatic rings. The van der Waals surface area contributed by atoms with Crippen LogP contribution in [-0.2, 0) is 16.6 Å². The van der Waals surface area contributed by atoms with Crippen LogP contribution in [0.4, 0.5) is 0 Å². The van der Waals surface area contributed by atoms with E-state index in [2.05, 4.69) is 36.2 Å². The smallest absolute Gasteiger partial charge is 0.337 e. The van der Waals surface area contributed by atoms with Gasteiger partial charge in [0, 0.05) is 47.2 Å². The van der Waals surface area contributed by atoms with Gasteiger partial charge in [-0.2, -0.15) is 5.10 Å². The molecular formula is C34H35ClN4O3S. The summed E-state index contributed by atoms with van der Waals surface area (Å²) in [5.41, 5.74) is 7.64. The van der Waals surface area contributed by atoms with Crippen molar-refractivity contribution in [3.8, 4) is 21.7 Å². The van der Waals surface area contributed by atoms with E-state index in [1.54, 1.807) is 11.3 Å². The van der Waals surface area contributed by atoms with Gasteiger partial charge in [0.2, 0.25) is 0 Å². The number of carboxylic acids is 1. The van der Waals surface area contributed by atoms with Gasteiger partial charge in [0.05, 0.1) is 27.0 Å².